The zero-order chi connectivity index (χ0) is 8.55. The number of hydrogen-bond donors (Lipinski definition) is 2. The van der Waals surface area contributed by atoms with Gasteiger partial charge in [0, 0.05) is 25.6 Å². The number of aromatic nitrogens is 3. The Bertz CT molecular complexity index is 266. The largest absolute Gasteiger partial charge is 0.353 e. The summed E-state index contributed by atoms with van der Waals surface area (Å²) in [4.78, 5) is 0. The summed E-state index contributed by atoms with van der Waals surface area (Å²) < 4.78 is 2.05. The van der Waals surface area contributed by atoms with Gasteiger partial charge >= 0.3 is 0 Å². The number of fused-ring (bicyclic) bond motifs is 1. The van der Waals surface area contributed by atoms with Gasteiger partial charge in [-0.25, -0.2) is 0 Å². The van der Waals surface area contributed by atoms with Crippen LogP contribution in [0.4, 0.5) is 5.95 Å². The smallest absolute Gasteiger partial charge is 0.224 e. The average Bonchev–Trinajstić information content (AvgIpc) is 2.46. The van der Waals surface area contributed by atoms with Crippen molar-refractivity contribution >= 4 is 5.95 Å². The van der Waals surface area contributed by atoms with Crippen LogP contribution < -0.4 is 11.1 Å². The summed E-state index contributed by atoms with van der Waals surface area (Å²) in [6.45, 7) is 3.69. The Labute approximate surface area is 71.0 Å². The van der Waals surface area contributed by atoms with Crippen LogP contribution in [0.15, 0.2) is 0 Å². The summed E-state index contributed by atoms with van der Waals surface area (Å²) in [5.74, 6) is 1.86. The molecule has 3 N–H and O–H groups in total. The third kappa shape index (κ3) is 1.06. The summed E-state index contributed by atoms with van der Waals surface area (Å²) in [7, 11) is 0. The predicted octanol–water partition coefficient (Wildman–Crippen LogP) is -0.407. The van der Waals surface area contributed by atoms with E-state index >= 15 is 0 Å². The molecule has 0 radical (unpaired) electrons. The molecule has 2 rings (SSSR count). The number of nitrogens with two attached hydrogens (primary N) is 1. The van der Waals surface area contributed by atoms with Gasteiger partial charge in [0.25, 0.3) is 0 Å². The molecule has 1 atom stereocenters. The molecule has 1 aliphatic rings. The molecule has 2 heterocycles. The Balaban J connectivity index is 2.34. The van der Waals surface area contributed by atoms with Gasteiger partial charge in [-0.1, -0.05) is 6.92 Å². The first kappa shape index (κ1) is 7.54. The van der Waals surface area contributed by atoms with Crippen LogP contribution in [0.3, 0.4) is 0 Å². The predicted molar refractivity (Wildman–Crippen MR) is 45.9 cm³/mol. The van der Waals surface area contributed by atoms with Gasteiger partial charge in [-0.15, -0.1) is 10.2 Å². The Morgan fingerprint density at radius 1 is 1.67 bits per heavy atom. The van der Waals surface area contributed by atoms with Gasteiger partial charge < -0.3 is 11.1 Å². The molecule has 0 amide bonds. The van der Waals surface area contributed by atoms with Crippen LogP contribution >= 0.6 is 0 Å². The topological polar surface area (TPSA) is 68.8 Å². The second-order valence-corrected chi connectivity index (χ2v) is 3.04. The van der Waals surface area contributed by atoms with Gasteiger partial charge in [-0.3, -0.25) is 4.57 Å². The summed E-state index contributed by atoms with van der Waals surface area (Å²) in [6, 6.07) is 0.179. The van der Waals surface area contributed by atoms with E-state index in [9.17, 15) is 0 Å². The molecular weight excluding hydrogens is 154 g/mol. The normalized spacial score (nSPS) is 21.7. The van der Waals surface area contributed by atoms with Crippen LogP contribution in [0.2, 0.25) is 0 Å². The average molecular weight is 167 g/mol. The molecule has 0 aromatic carbocycles. The Morgan fingerprint density at radius 3 is 3.25 bits per heavy atom. The first-order chi connectivity index (χ1) is 5.81. The van der Waals surface area contributed by atoms with Gasteiger partial charge in [-0.05, 0) is 0 Å². The minimum atomic E-state index is 0.179. The van der Waals surface area contributed by atoms with Crippen molar-refractivity contribution in [1.82, 2.24) is 14.8 Å². The lowest BCUT2D eigenvalue weighted by molar-refractivity contribution is 0.527. The lowest BCUT2D eigenvalue weighted by atomic mass is 10.2. The number of aryl methyl sites for hydroxylation is 1. The molecule has 1 unspecified atom stereocenters. The first-order valence-electron chi connectivity index (χ1n) is 4.22. The molecule has 5 heteroatoms. The van der Waals surface area contributed by atoms with Crippen molar-refractivity contribution in [3.63, 3.8) is 0 Å². The fourth-order valence-corrected chi connectivity index (χ4v) is 1.44. The molecule has 1 aromatic rings. The van der Waals surface area contributed by atoms with Crippen molar-refractivity contribution < 1.29 is 0 Å². The van der Waals surface area contributed by atoms with Crippen molar-refractivity contribution in [2.24, 2.45) is 5.73 Å². The lowest BCUT2D eigenvalue weighted by Crippen LogP contribution is -2.38. The second-order valence-electron chi connectivity index (χ2n) is 3.04. The zero-order valence-electron chi connectivity index (χ0n) is 7.12. The molecule has 5 nitrogen and oxygen atoms in total. The number of anilines is 1. The summed E-state index contributed by atoms with van der Waals surface area (Å²) in [5.41, 5.74) is 5.79. The molecule has 66 valence electrons. The van der Waals surface area contributed by atoms with E-state index in [4.69, 9.17) is 5.73 Å². The van der Waals surface area contributed by atoms with E-state index in [1.54, 1.807) is 0 Å². The number of hydrogen-bond acceptors (Lipinski definition) is 4. The molecule has 0 saturated heterocycles. The van der Waals surface area contributed by atoms with Crippen LogP contribution in [0.1, 0.15) is 12.7 Å². The molecule has 1 aliphatic heterocycles. The number of nitrogens with zero attached hydrogens (tertiary/aromatic N) is 3. The number of rotatable bonds is 1. The van der Waals surface area contributed by atoms with Crippen LogP contribution in [0.25, 0.3) is 0 Å². The van der Waals surface area contributed by atoms with Gasteiger partial charge in [-0.2, -0.15) is 0 Å². The highest BCUT2D eigenvalue weighted by molar-refractivity contribution is 5.28. The van der Waals surface area contributed by atoms with Crippen molar-refractivity contribution in [1.29, 1.82) is 0 Å². The van der Waals surface area contributed by atoms with E-state index < -0.39 is 0 Å². The molecule has 1 aromatic heterocycles. The maximum Gasteiger partial charge on any atom is 0.224 e. The third-order valence-corrected chi connectivity index (χ3v) is 2.08. The fraction of sp³-hybridized carbons (Fsp3) is 0.714. The van der Waals surface area contributed by atoms with Crippen molar-refractivity contribution in [2.45, 2.75) is 25.9 Å². The zero-order valence-corrected chi connectivity index (χ0v) is 7.12. The molecule has 0 saturated carbocycles. The van der Waals surface area contributed by atoms with Crippen molar-refractivity contribution in [3.05, 3.63) is 5.82 Å². The standard InChI is InChI=1S/C7H13N5/c1-2-6-10-11-7-9-3-5(8)4-12(6)7/h5H,2-4,8H2,1H3,(H,9,11). The SMILES string of the molecule is CCc1nnc2n1CC(N)CN2. The van der Waals surface area contributed by atoms with Gasteiger partial charge in [0.1, 0.15) is 5.82 Å². The molecule has 0 aliphatic carbocycles. The summed E-state index contributed by atoms with van der Waals surface area (Å²) in [5, 5.41) is 11.2. The Morgan fingerprint density at radius 2 is 2.50 bits per heavy atom. The molecule has 0 bridgehead atoms. The number of nitrogens with one attached hydrogen (secondary N) is 1. The maximum absolute atomic E-state index is 5.79. The van der Waals surface area contributed by atoms with Gasteiger partial charge in [0.2, 0.25) is 5.95 Å². The molecule has 0 spiro atoms. The highest BCUT2D eigenvalue weighted by atomic mass is 15.4. The quantitative estimate of drug-likeness (QED) is 0.596. The summed E-state index contributed by atoms with van der Waals surface area (Å²) in [6.07, 6.45) is 0.904. The van der Waals surface area contributed by atoms with E-state index in [1.165, 1.54) is 0 Å². The van der Waals surface area contributed by atoms with E-state index in [1.807, 2.05) is 4.57 Å². The second kappa shape index (κ2) is 2.75. The van der Waals surface area contributed by atoms with Crippen LogP contribution in [0.5, 0.6) is 0 Å². The highest BCUT2D eigenvalue weighted by Gasteiger charge is 2.18. The monoisotopic (exact) mass is 167 g/mol. The van der Waals surface area contributed by atoms with Crippen molar-refractivity contribution in [3.8, 4) is 0 Å². The minimum absolute atomic E-state index is 0.179. The van der Waals surface area contributed by atoms with E-state index in [2.05, 4.69) is 22.4 Å². The summed E-state index contributed by atoms with van der Waals surface area (Å²) >= 11 is 0. The van der Waals surface area contributed by atoms with E-state index in [-0.39, 0.29) is 6.04 Å². The lowest BCUT2D eigenvalue weighted by Gasteiger charge is -2.21. The van der Waals surface area contributed by atoms with Crippen LogP contribution in [-0.2, 0) is 13.0 Å². The Kier molecular flexibility index (Phi) is 1.73. The van der Waals surface area contributed by atoms with E-state index in [0.29, 0.717) is 0 Å². The van der Waals surface area contributed by atoms with Crippen LogP contribution in [0, 0.1) is 0 Å². The maximum atomic E-state index is 5.79. The molecule has 12 heavy (non-hydrogen) atoms. The Hall–Kier alpha value is -1.10. The highest BCUT2D eigenvalue weighted by Crippen LogP contribution is 2.12. The van der Waals surface area contributed by atoms with Gasteiger partial charge in [0.05, 0.1) is 0 Å². The van der Waals surface area contributed by atoms with E-state index in [0.717, 1.165) is 31.3 Å². The first-order valence-corrected chi connectivity index (χ1v) is 4.22. The minimum Gasteiger partial charge on any atom is -0.353 e. The molecular formula is C7H13N5. The van der Waals surface area contributed by atoms with Crippen LogP contribution in [-0.4, -0.2) is 27.4 Å². The van der Waals surface area contributed by atoms with Crippen molar-refractivity contribution in [2.75, 3.05) is 11.9 Å². The molecule has 0 fully saturated rings. The fourth-order valence-electron chi connectivity index (χ4n) is 1.44. The van der Waals surface area contributed by atoms with Gasteiger partial charge in [0.15, 0.2) is 0 Å². The third-order valence-electron chi connectivity index (χ3n) is 2.08.